The minimum Gasteiger partial charge on any atom is -0.267 e. The molecule has 0 aromatic rings. The summed E-state index contributed by atoms with van der Waals surface area (Å²) in [5.74, 6) is -1.48. The third-order valence-corrected chi connectivity index (χ3v) is 2.71. The molecule has 7 heteroatoms. The van der Waals surface area contributed by atoms with E-state index in [-0.39, 0.29) is 5.06 Å². The van der Waals surface area contributed by atoms with Crippen LogP contribution in [-0.2, 0) is 14.4 Å². The molecule has 1 aliphatic heterocycles. The van der Waals surface area contributed by atoms with Crippen LogP contribution in [0.5, 0.6) is 0 Å². The number of rotatable bonds is 2. The van der Waals surface area contributed by atoms with Crippen molar-refractivity contribution in [3.8, 4) is 0 Å². The van der Waals surface area contributed by atoms with Gasteiger partial charge in [-0.2, -0.15) is 13.2 Å². The number of hydroxylamine groups is 2. The zero-order chi connectivity index (χ0) is 12.6. The highest BCUT2D eigenvalue weighted by atomic mass is 19.4. The molecule has 0 radical (unpaired) electrons. The van der Waals surface area contributed by atoms with Crippen molar-refractivity contribution in [3.63, 3.8) is 0 Å². The van der Waals surface area contributed by atoms with Crippen LogP contribution in [0.15, 0.2) is 11.1 Å². The maximum Gasteiger partial charge on any atom is 0.414 e. The lowest BCUT2D eigenvalue weighted by Gasteiger charge is -2.15. The molecule has 0 saturated heterocycles. The lowest BCUT2D eigenvalue weighted by Crippen LogP contribution is -2.35. The number of hydrogen-bond acceptors (Lipinski definition) is 3. The number of carbonyl (C=O) groups excluding carboxylic acids is 2. The fourth-order valence-corrected chi connectivity index (χ4v) is 1.97. The van der Waals surface area contributed by atoms with E-state index >= 15 is 0 Å². The smallest absolute Gasteiger partial charge is 0.267 e. The van der Waals surface area contributed by atoms with E-state index in [1.165, 1.54) is 0 Å². The van der Waals surface area contributed by atoms with Gasteiger partial charge >= 0.3 is 6.18 Å². The molecule has 0 saturated carbocycles. The van der Waals surface area contributed by atoms with Gasteiger partial charge in [0.1, 0.15) is 0 Å². The highest BCUT2D eigenvalue weighted by Crippen LogP contribution is 2.33. The summed E-state index contributed by atoms with van der Waals surface area (Å²) in [5, 5.41) is 0.240. The molecule has 17 heavy (non-hydrogen) atoms. The molecule has 2 amide bonds. The molecule has 0 N–H and O–H groups in total. The van der Waals surface area contributed by atoms with E-state index in [0.29, 0.717) is 24.0 Å². The van der Waals surface area contributed by atoms with E-state index in [1.807, 2.05) is 0 Å². The van der Waals surface area contributed by atoms with E-state index in [2.05, 4.69) is 4.84 Å². The highest BCUT2D eigenvalue weighted by molar-refractivity contribution is 6.18. The second-order valence-corrected chi connectivity index (χ2v) is 3.96. The van der Waals surface area contributed by atoms with Crippen LogP contribution in [0.25, 0.3) is 0 Å². The molecule has 0 aromatic carbocycles. The minimum atomic E-state index is -4.57. The summed E-state index contributed by atoms with van der Waals surface area (Å²) in [7, 11) is 0. The molecule has 0 unspecified atom stereocenters. The van der Waals surface area contributed by atoms with Crippen LogP contribution >= 0.6 is 0 Å². The van der Waals surface area contributed by atoms with Gasteiger partial charge in [-0.25, -0.2) is 0 Å². The van der Waals surface area contributed by atoms with Crippen molar-refractivity contribution in [1.29, 1.82) is 0 Å². The van der Waals surface area contributed by atoms with Gasteiger partial charge < -0.3 is 0 Å². The Labute approximate surface area is 95.0 Å². The van der Waals surface area contributed by atoms with Gasteiger partial charge in [0, 0.05) is 11.1 Å². The first-order chi connectivity index (χ1) is 7.90. The largest absolute Gasteiger partial charge is 0.414 e. The topological polar surface area (TPSA) is 46.6 Å². The standard InChI is InChI=1S/C10H10F3NO3/c11-10(12,13)5-17-14-8(15)6-3-1-2-4-7(6)9(14)16/h1-5H2. The van der Waals surface area contributed by atoms with Crippen molar-refractivity contribution in [2.24, 2.45) is 0 Å². The van der Waals surface area contributed by atoms with Crippen molar-refractivity contribution in [3.05, 3.63) is 11.1 Å². The number of alkyl halides is 3. The molecule has 4 nitrogen and oxygen atoms in total. The zero-order valence-electron chi connectivity index (χ0n) is 8.84. The van der Waals surface area contributed by atoms with Crippen LogP contribution < -0.4 is 0 Å². The van der Waals surface area contributed by atoms with E-state index in [4.69, 9.17) is 0 Å². The Morgan fingerprint density at radius 1 is 1.06 bits per heavy atom. The first-order valence-electron chi connectivity index (χ1n) is 5.20. The van der Waals surface area contributed by atoms with Gasteiger partial charge in [-0.15, -0.1) is 5.06 Å². The maximum absolute atomic E-state index is 11.9. The molecule has 0 spiro atoms. The predicted octanol–water partition coefficient (Wildman–Crippen LogP) is 1.72. The Bertz CT molecular complexity index is 372. The van der Waals surface area contributed by atoms with Crippen molar-refractivity contribution >= 4 is 11.8 Å². The van der Waals surface area contributed by atoms with Gasteiger partial charge in [-0.05, 0) is 25.7 Å². The van der Waals surface area contributed by atoms with Crippen LogP contribution in [0.1, 0.15) is 25.7 Å². The number of hydrogen-bond donors (Lipinski definition) is 0. The minimum absolute atomic E-state index is 0.240. The third kappa shape index (κ3) is 2.33. The van der Waals surface area contributed by atoms with Gasteiger partial charge in [-0.3, -0.25) is 14.4 Å². The SMILES string of the molecule is O=C1C2=C(CCCC2)C(=O)N1OCC(F)(F)F. The fourth-order valence-electron chi connectivity index (χ4n) is 1.97. The van der Waals surface area contributed by atoms with Gasteiger partial charge in [0.25, 0.3) is 11.8 Å². The van der Waals surface area contributed by atoms with Crippen molar-refractivity contribution in [1.82, 2.24) is 5.06 Å². The highest BCUT2D eigenvalue weighted by Gasteiger charge is 2.42. The molecule has 0 aromatic heterocycles. The fraction of sp³-hybridized carbons (Fsp3) is 0.600. The average molecular weight is 249 g/mol. The zero-order valence-corrected chi connectivity index (χ0v) is 8.84. The molecule has 1 aliphatic carbocycles. The average Bonchev–Trinajstić information content (AvgIpc) is 2.49. The molecule has 0 atom stereocenters. The summed E-state index contributed by atoms with van der Waals surface area (Å²) in [6.07, 6.45) is -2.16. The first-order valence-corrected chi connectivity index (χ1v) is 5.20. The molecular weight excluding hydrogens is 239 g/mol. The van der Waals surface area contributed by atoms with E-state index in [0.717, 1.165) is 12.8 Å². The molecule has 2 rings (SSSR count). The molecule has 2 aliphatic rings. The van der Waals surface area contributed by atoms with E-state index in [9.17, 15) is 22.8 Å². The second-order valence-electron chi connectivity index (χ2n) is 3.96. The van der Waals surface area contributed by atoms with Crippen LogP contribution in [0, 0.1) is 0 Å². The van der Waals surface area contributed by atoms with E-state index < -0.39 is 24.6 Å². The summed E-state index contributed by atoms with van der Waals surface area (Å²) >= 11 is 0. The molecular formula is C10H10F3NO3. The third-order valence-electron chi connectivity index (χ3n) is 2.71. The summed E-state index contributed by atoms with van der Waals surface area (Å²) < 4.78 is 35.8. The van der Waals surface area contributed by atoms with Crippen molar-refractivity contribution in [2.45, 2.75) is 31.9 Å². The molecule has 0 bridgehead atoms. The molecule has 0 fully saturated rings. The summed E-state index contributed by atoms with van der Waals surface area (Å²) in [5.41, 5.74) is 0.617. The van der Waals surface area contributed by atoms with Gasteiger partial charge in [0.05, 0.1) is 0 Å². The Hall–Kier alpha value is -1.37. The summed E-state index contributed by atoms with van der Waals surface area (Å²) in [4.78, 5) is 27.5. The molecule has 94 valence electrons. The number of carbonyl (C=O) groups is 2. The lowest BCUT2D eigenvalue weighted by molar-refractivity contribution is -0.238. The van der Waals surface area contributed by atoms with Crippen LogP contribution in [0.4, 0.5) is 13.2 Å². The number of nitrogens with zero attached hydrogens (tertiary/aromatic N) is 1. The monoisotopic (exact) mass is 249 g/mol. The van der Waals surface area contributed by atoms with Crippen molar-refractivity contribution in [2.75, 3.05) is 6.61 Å². The van der Waals surface area contributed by atoms with Crippen LogP contribution in [-0.4, -0.2) is 29.7 Å². The van der Waals surface area contributed by atoms with Gasteiger partial charge in [-0.1, -0.05) is 0 Å². The quantitative estimate of drug-likeness (QED) is 0.700. The number of halogens is 3. The van der Waals surface area contributed by atoms with Gasteiger partial charge in [0.2, 0.25) is 0 Å². The Morgan fingerprint density at radius 2 is 1.53 bits per heavy atom. The normalized spacial score (nSPS) is 21.2. The number of imide groups is 1. The Morgan fingerprint density at radius 3 is 1.94 bits per heavy atom. The maximum atomic E-state index is 11.9. The summed E-state index contributed by atoms with van der Waals surface area (Å²) in [6.45, 7) is -1.63. The van der Waals surface area contributed by atoms with Gasteiger partial charge in [0.15, 0.2) is 6.61 Å². The van der Waals surface area contributed by atoms with Crippen molar-refractivity contribution < 1.29 is 27.6 Å². The second kappa shape index (κ2) is 4.14. The predicted molar refractivity (Wildman–Crippen MR) is 49.4 cm³/mol. The summed E-state index contributed by atoms with van der Waals surface area (Å²) in [6, 6.07) is 0. The first kappa shape index (κ1) is 12.1. The lowest BCUT2D eigenvalue weighted by atomic mass is 9.93. The Kier molecular flexibility index (Phi) is 2.94. The Balaban J connectivity index is 2.08. The number of amides is 2. The van der Waals surface area contributed by atoms with E-state index in [1.54, 1.807) is 0 Å². The van der Waals surface area contributed by atoms with Crippen LogP contribution in [0.3, 0.4) is 0 Å². The molecule has 1 heterocycles. The van der Waals surface area contributed by atoms with Crippen LogP contribution in [0.2, 0.25) is 0 Å².